The molecule has 0 unspecified atom stereocenters. The highest BCUT2D eigenvalue weighted by Crippen LogP contribution is 2.41. The second-order valence-electron chi connectivity index (χ2n) is 6.40. The van der Waals surface area contributed by atoms with Gasteiger partial charge in [0.1, 0.15) is 0 Å². The van der Waals surface area contributed by atoms with Crippen molar-refractivity contribution in [3.05, 3.63) is 11.6 Å². The molecule has 0 radical (unpaired) electrons. The second-order valence-corrected chi connectivity index (χ2v) is 11.9. The summed E-state index contributed by atoms with van der Waals surface area (Å²) >= 11 is 0. The van der Waals surface area contributed by atoms with Crippen molar-refractivity contribution in [3.63, 3.8) is 0 Å². The van der Waals surface area contributed by atoms with Gasteiger partial charge < -0.3 is 5.11 Å². The third-order valence-corrected chi connectivity index (χ3v) is 9.90. The van der Waals surface area contributed by atoms with E-state index in [4.69, 9.17) is 0 Å². The summed E-state index contributed by atoms with van der Waals surface area (Å²) < 4.78 is 0. The first-order valence-corrected chi connectivity index (χ1v) is 9.21. The first kappa shape index (κ1) is 13.0. The van der Waals surface area contributed by atoms with Gasteiger partial charge in [-0.15, -0.1) is 0 Å². The van der Waals surface area contributed by atoms with E-state index in [1.165, 1.54) is 24.8 Å². The third kappa shape index (κ3) is 2.73. The molecule has 0 saturated heterocycles. The topological polar surface area (TPSA) is 20.2 Å². The summed E-state index contributed by atoms with van der Waals surface area (Å²) in [7, 11) is -1.61. The van der Waals surface area contributed by atoms with Crippen molar-refractivity contribution in [2.24, 2.45) is 0 Å². The van der Waals surface area contributed by atoms with Crippen LogP contribution in [0.25, 0.3) is 0 Å². The van der Waals surface area contributed by atoms with Crippen LogP contribution in [0.5, 0.6) is 0 Å². The smallest absolute Gasteiger partial charge is 0.0917 e. The monoisotopic (exact) mass is 226 g/mol. The van der Waals surface area contributed by atoms with Gasteiger partial charge in [0.15, 0.2) is 0 Å². The minimum atomic E-state index is -1.61. The van der Waals surface area contributed by atoms with Crippen LogP contribution in [0.2, 0.25) is 18.1 Å². The summed E-state index contributed by atoms with van der Waals surface area (Å²) in [5.41, 5.74) is 1.19. The highest BCUT2D eigenvalue weighted by atomic mass is 28.3. The summed E-state index contributed by atoms with van der Waals surface area (Å²) in [5.74, 6) is 0. The zero-order chi connectivity index (χ0) is 11.7. The summed E-state index contributed by atoms with van der Waals surface area (Å²) in [6.45, 7) is 11.4. The molecule has 0 spiro atoms. The number of aliphatic hydroxyl groups is 1. The average molecular weight is 226 g/mol. The van der Waals surface area contributed by atoms with E-state index < -0.39 is 8.07 Å². The van der Waals surface area contributed by atoms with E-state index in [1.807, 2.05) is 0 Å². The van der Waals surface area contributed by atoms with Gasteiger partial charge in [0, 0.05) is 0 Å². The minimum Gasteiger partial charge on any atom is -0.392 e. The van der Waals surface area contributed by atoms with Gasteiger partial charge in [-0.2, -0.15) is 0 Å². The summed E-state index contributed by atoms with van der Waals surface area (Å²) in [6.07, 6.45) is 7.13. The number of rotatable bonds is 2. The maximum absolute atomic E-state index is 10.5. The van der Waals surface area contributed by atoms with Crippen LogP contribution in [0.3, 0.4) is 0 Å². The Morgan fingerprint density at radius 2 is 1.87 bits per heavy atom. The first-order valence-electron chi connectivity index (χ1n) is 6.14. The Hall–Kier alpha value is -0.0831. The van der Waals surface area contributed by atoms with Crippen LogP contribution in [0, 0.1) is 0 Å². The molecule has 2 heteroatoms. The van der Waals surface area contributed by atoms with Crippen molar-refractivity contribution in [2.45, 2.75) is 70.3 Å². The van der Waals surface area contributed by atoms with E-state index in [0.29, 0.717) is 0 Å². The zero-order valence-electron chi connectivity index (χ0n) is 10.9. The van der Waals surface area contributed by atoms with Crippen molar-refractivity contribution in [1.82, 2.24) is 0 Å². The highest BCUT2D eigenvalue weighted by molar-refractivity contribution is 6.81. The lowest BCUT2D eigenvalue weighted by molar-refractivity contribution is 0.264. The lowest BCUT2D eigenvalue weighted by atomic mass is 10.0. The molecule has 1 atom stereocenters. The number of hydrogen-bond acceptors (Lipinski definition) is 1. The minimum absolute atomic E-state index is 0.141. The van der Waals surface area contributed by atoms with Gasteiger partial charge in [0.05, 0.1) is 13.8 Å². The largest absolute Gasteiger partial charge is 0.392 e. The Balaban J connectivity index is 2.83. The maximum Gasteiger partial charge on any atom is 0.0917 e. The zero-order valence-corrected chi connectivity index (χ0v) is 11.9. The van der Waals surface area contributed by atoms with Crippen LogP contribution in [-0.2, 0) is 0 Å². The molecule has 0 bridgehead atoms. The normalized spacial score (nSPS) is 21.1. The van der Waals surface area contributed by atoms with Crippen molar-refractivity contribution in [1.29, 1.82) is 0 Å². The summed E-state index contributed by atoms with van der Waals surface area (Å²) in [5, 5.41) is 10.8. The molecule has 0 heterocycles. The molecule has 0 saturated carbocycles. The van der Waals surface area contributed by atoms with Gasteiger partial charge in [0.25, 0.3) is 0 Å². The van der Waals surface area contributed by atoms with Gasteiger partial charge >= 0.3 is 0 Å². The molecule has 0 amide bonds. The van der Waals surface area contributed by atoms with Crippen LogP contribution >= 0.6 is 0 Å². The van der Waals surface area contributed by atoms with Crippen molar-refractivity contribution < 1.29 is 5.11 Å². The van der Waals surface area contributed by atoms with Crippen molar-refractivity contribution in [3.8, 4) is 0 Å². The molecule has 88 valence electrons. The summed E-state index contributed by atoms with van der Waals surface area (Å²) in [4.78, 5) is 0. The molecular formula is C13H26OSi. The molecule has 0 fully saturated rings. The molecule has 0 aromatic carbocycles. The molecular weight excluding hydrogens is 200 g/mol. The Kier molecular flexibility index (Phi) is 3.83. The third-order valence-electron chi connectivity index (χ3n) is 4.29. The Labute approximate surface area is 95.6 Å². The van der Waals surface area contributed by atoms with Crippen LogP contribution in [-0.4, -0.2) is 18.9 Å². The van der Waals surface area contributed by atoms with E-state index in [9.17, 15) is 5.11 Å². The van der Waals surface area contributed by atoms with Crippen LogP contribution < -0.4 is 0 Å². The molecule has 1 aliphatic rings. The fourth-order valence-corrected chi connectivity index (χ4v) is 3.99. The van der Waals surface area contributed by atoms with Crippen molar-refractivity contribution >= 4 is 8.07 Å². The quantitative estimate of drug-likeness (QED) is 0.559. The predicted molar refractivity (Wildman–Crippen MR) is 69.8 cm³/mol. The predicted octanol–water partition coefficient (Wildman–Crippen LogP) is 3.90. The molecule has 1 nitrogen and oxygen atoms in total. The molecule has 0 aromatic heterocycles. The van der Waals surface area contributed by atoms with E-state index in [0.717, 1.165) is 6.42 Å². The number of hydrogen-bond donors (Lipinski definition) is 1. The van der Waals surface area contributed by atoms with Crippen molar-refractivity contribution in [2.75, 3.05) is 0 Å². The van der Waals surface area contributed by atoms with Gasteiger partial charge in [-0.3, -0.25) is 0 Å². The fraction of sp³-hybridized carbons (Fsp3) is 0.846. The molecule has 15 heavy (non-hydrogen) atoms. The molecule has 0 aliphatic heterocycles. The van der Waals surface area contributed by atoms with Gasteiger partial charge in [-0.05, 0) is 36.3 Å². The van der Waals surface area contributed by atoms with E-state index in [1.54, 1.807) is 0 Å². The Morgan fingerprint density at radius 1 is 1.27 bits per heavy atom. The standard InChI is InChI=1S/C13H26OSi/c1-13(2,3)15(4,5)12(14)11-9-7-6-8-10-11/h9,12,14H,6-8,10H2,1-5H3/t12-/m0/s1. The molecule has 1 aliphatic carbocycles. The maximum atomic E-state index is 10.5. The first-order chi connectivity index (χ1) is 6.77. The van der Waals surface area contributed by atoms with E-state index in [-0.39, 0.29) is 10.8 Å². The Bertz CT molecular complexity index is 248. The molecule has 1 N–H and O–H groups in total. The highest BCUT2D eigenvalue weighted by Gasteiger charge is 2.42. The van der Waals surface area contributed by atoms with Crippen LogP contribution in [0.15, 0.2) is 11.6 Å². The summed E-state index contributed by atoms with van der Waals surface area (Å²) in [6, 6.07) is 0. The average Bonchev–Trinajstić information content (AvgIpc) is 2.16. The molecule has 1 rings (SSSR count). The van der Waals surface area contributed by atoms with Gasteiger partial charge in [-0.25, -0.2) is 0 Å². The number of allylic oxidation sites excluding steroid dienone is 1. The van der Waals surface area contributed by atoms with Gasteiger partial charge in [0.2, 0.25) is 0 Å². The lowest BCUT2D eigenvalue weighted by Crippen LogP contribution is -2.50. The SMILES string of the molecule is CC(C)(C)[Si](C)(C)[C@H](O)C1=CCCCC1. The van der Waals surface area contributed by atoms with E-state index >= 15 is 0 Å². The second kappa shape index (κ2) is 4.42. The van der Waals surface area contributed by atoms with Crippen LogP contribution in [0.4, 0.5) is 0 Å². The lowest BCUT2D eigenvalue weighted by Gasteiger charge is -2.42. The fourth-order valence-electron chi connectivity index (χ4n) is 1.98. The van der Waals surface area contributed by atoms with E-state index in [2.05, 4.69) is 39.9 Å². The molecule has 0 aromatic rings. The van der Waals surface area contributed by atoms with Crippen LogP contribution in [0.1, 0.15) is 46.5 Å². The number of aliphatic hydroxyl groups excluding tert-OH is 1. The van der Waals surface area contributed by atoms with Gasteiger partial charge in [-0.1, -0.05) is 39.9 Å². The Morgan fingerprint density at radius 3 is 2.27 bits per heavy atom.